The number of unbranched alkanes of at least 4 members (excludes halogenated alkanes) is 2. The molecule has 0 saturated carbocycles. The Morgan fingerprint density at radius 1 is 0.831 bits per heavy atom. The number of amides is 2. The predicted molar refractivity (Wildman–Crippen MR) is 218 cm³/mol. The van der Waals surface area contributed by atoms with Crippen LogP contribution in [-0.4, -0.2) is 113 Å². The summed E-state index contributed by atoms with van der Waals surface area (Å²) in [6, 6.07) is 5.26. The standard InChI is InChI=1S/C38H52N4O16S4.3Na/c1-28-37(2,20-10-24-60(47,48)49)33(41(39-28)23-12-26-62(53,54)55)14-7-4-6-13-32-38(3,21-11-25-61(50,51)52)30-27-29(59-58-57-46)16-17-31(30)40(32)22-9-5-8-15-36(45)56-42-34(43)18-19-35(42)44;;;/h4,6-7,13-14,16-17,27H,5,8-12,15,18-26H2,1-3H3,(H3-,46,47,48,49,50,51,52,53,54,55);;;/q;3*+1/p-3. The number of carbonyl (C=O) groups is 3. The number of hydrazone groups is 1. The van der Waals surface area contributed by atoms with Crippen molar-refractivity contribution >= 4 is 77.3 Å². The number of rotatable bonds is 25. The Hall–Kier alpha value is -0.850. The fraction of sp³-hybridized carbons (Fsp3) is 0.553. The molecule has 1 saturated heterocycles. The second-order valence-corrected chi connectivity index (χ2v) is 20.8. The summed E-state index contributed by atoms with van der Waals surface area (Å²) in [5, 5.41) is 20.8. The molecule has 1 fully saturated rings. The van der Waals surface area contributed by atoms with Crippen molar-refractivity contribution in [2.24, 2.45) is 10.5 Å². The number of nitrogens with zero attached hydrogens (tertiary/aromatic N) is 4. The monoisotopic (exact) mass is 1010 g/mol. The fourth-order valence-electron chi connectivity index (χ4n) is 7.68. The maximum atomic E-state index is 12.4. The van der Waals surface area contributed by atoms with Crippen LogP contribution in [0, 0.1) is 5.41 Å². The van der Waals surface area contributed by atoms with Crippen molar-refractivity contribution in [2.45, 2.75) is 102 Å². The predicted octanol–water partition coefficient (Wildman–Crippen LogP) is -6.27. The number of carbonyl (C=O) groups excluding carboxylic acids is 3. The van der Waals surface area contributed by atoms with E-state index in [4.69, 9.17) is 4.84 Å². The Kier molecular flexibility index (Phi) is 26.3. The first-order chi connectivity index (χ1) is 29.0. The van der Waals surface area contributed by atoms with E-state index in [1.165, 1.54) is 0 Å². The summed E-state index contributed by atoms with van der Waals surface area (Å²) in [6.07, 6.45) is 10.4. The molecule has 20 nitrogen and oxygen atoms in total. The second kappa shape index (κ2) is 27.5. The van der Waals surface area contributed by atoms with E-state index in [0.717, 1.165) is 11.3 Å². The minimum Gasteiger partial charge on any atom is -0.748 e. The number of hydrogen-bond donors (Lipinski definition) is 0. The van der Waals surface area contributed by atoms with E-state index in [0.29, 0.717) is 64.9 Å². The van der Waals surface area contributed by atoms with E-state index in [1.807, 2.05) is 24.5 Å². The van der Waals surface area contributed by atoms with E-state index in [-0.39, 0.29) is 147 Å². The van der Waals surface area contributed by atoms with Crippen molar-refractivity contribution < 1.29 is 166 Å². The van der Waals surface area contributed by atoms with Crippen molar-refractivity contribution in [2.75, 3.05) is 30.3 Å². The topological polar surface area (TPSA) is 295 Å². The van der Waals surface area contributed by atoms with Gasteiger partial charge in [-0.3, -0.25) is 19.6 Å². The first-order valence-electron chi connectivity index (χ1n) is 19.7. The van der Waals surface area contributed by atoms with Gasteiger partial charge in [-0.05, 0) is 83.9 Å². The van der Waals surface area contributed by atoms with Crippen LogP contribution in [0.25, 0.3) is 0 Å². The van der Waals surface area contributed by atoms with Crippen LogP contribution < -0.4 is 93.9 Å². The number of hydroxylamine groups is 2. The van der Waals surface area contributed by atoms with Gasteiger partial charge in [-0.1, -0.05) is 18.2 Å². The van der Waals surface area contributed by atoms with Gasteiger partial charge in [0.1, 0.15) is 6.54 Å². The number of benzene rings is 1. The average molecular weight is 1020 g/mol. The Balaban J connectivity index is 0.00000704. The molecule has 2 unspecified atom stereocenters. The van der Waals surface area contributed by atoms with Crippen molar-refractivity contribution in [1.29, 1.82) is 0 Å². The largest absolute Gasteiger partial charge is 1.00 e. The third-order valence-electron chi connectivity index (χ3n) is 10.9. The number of hydrogen-bond acceptors (Lipinski definition) is 19. The summed E-state index contributed by atoms with van der Waals surface area (Å²) < 4.78 is 110. The number of allylic oxidation sites excluding steroid dienone is 6. The van der Waals surface area contributed by atoms with Crippen LogP contribution in [-0.2, 0) is 64.4 Å². The third-order valence-corrected chi connectivity index (χ3v) is 13.8. The zero-order valence-corrected chi connectivity index (χ0v) is 46.7. The van der Waals surface area contributed by atoms with E-state index in [1.54, 1.807) is 54.4 Å². The molecule has 2 amide bonds. The first-order valence-corrected chi connectivity index (χ1v) is 25.1. The molecule has 0 bridgehead atoms. The molecule has 0 aliphatic carbocycles. The zero-order valence-electron chi connectivity index (χ0n) is 37.4. The summed E-state index contributed by atoms with van der Waals surface area (Å²) >= 11 is 0.667. The average Bonchev–Trinajstić information content (AvgIpc) is 3.69. The molecule has 2 atom stereocenters. The summed E-state index contributed by atoms with van der Waals surface area (Å²) in [5.41, 5.74) is 1.62. The molecule has 4 rings (SSSR count). The van der Waals surface area contributed by atoms with Gasteiger partial charge in [-0.25, -0.2) is 30.0 Å². The Morgan fingerprint density at radius 3 is 2.00 bits per heavy atom. The Morgan fingerprint density at radius 2 is 1.42 bits per heavy atom. The van der Waals surface area contributed by atoms with Crippen LogP contribution >= 0.6 is 12.0 Å². The van der Waals surface area contributed by atoms with E-state index < -0.39 is 76.2 Å². The van der Waals surface area contributed by atoms with Gasteiger partial charge in [0.25, 0.3) is 11.8 Å². The molecule has 3 aliphatic heterocycles. The minimum absolute atomic E-state index is 0. The Bertz CT molecular complexity index is 2350. The summed E-state index contributed by atoms with van der Waals surface area (Å²) in [6.45, 7) is 5.90. The maximum Gasteiger partial charge on any atom is 1.00 e. The molecular formula is C38H49N4Na3O16S4. The zero-order chi connectivity index (χ0) is 45.9. The SMILES string of the molecule is CC1=NN(CCCS(=O)(=O)[O-])/C(=C/C=C/C=C/C2=[N+](CCCCCC(=O)ON3C(=O)CCC3=O)c3ccc(SOO[O-])cc3C2(C)CCCS(=O)(=O)[O-])C1(C)CCCS(=O)(=O)[O-].[Na+].[Na+].[Na+]. The molecule has 3 heterocycles. The molecule has 1 aromatic carbocycles. The van der Waals surface area contributed by atoms with Crippen molar-refractivity contribution in [3.8, 4) is 0 Å². The Labute approximate surface area is 450 Å². The molecule has 3 aliphatic rings. The van der Waals surface area contributed by atoms with Gasteiger partial charge in [0, 0.05) is 88.9 Å². The van der Waals surface area contributed by atoms with Crippen molar-refractivity contribution in [3.05, 3.63) is 59.8 Å². The molecule has 1 aromatic rings. The van der Waals surface area contributed by atoms with Crippen molar-refractivity contribution in [1.82, 2.24) is 10.1 Å². The van der Waals surface area contributed by atoms with Gasteiger partial charge in [0.05, 0.1) is 47.8 Å². The normalized spacial score (nSPS) is 20.7. The smallest absolute Gasteiger partial charge is 0.748 e. The van der Waals surface area contributed by atoms with Gasteiger partial charge in [-0.15, -0.1) is 5.06 Å². The minimum atomic E-state index is -4.56. The van der Waals surface area contributed by atoms with Crippen LogP contribution in [0.3, 0.4) is 0 Å². The summed E-state index contributed by atoms with van der Waals surface area (Å²) in [5.74, 6) is -3.72. The molecule has 0 N–H and O–H groups in total. The molecule has 344 valence electrons. The van der Waals surface area contributed by atoms with E-state index in [9.17, 15) is 58.6 Å². The van der Waals surface area contributed by atoms with E-state index >= 15 is 0 Å². The molecular weight excluding hydrogens is 966 g/mol. The van der Waals surface area contributed by atoms with Crippen LogP contribution in [0.1, 0.15) is 97.0 Å². The third kappa shape index (κ3) is 18.8. The van der Waals surface area contributed by atoms with E-state index in [2.05, 4.69) is 14.5 Å². The molecule has 65 heavy (non-hydrogen) atoms. The first kappa shape index (κ1) is 62.2. The van der Waals surface area contributed by atoms with Crippen LogP contribution in [0.4, 0.5) is 5.69 Å². The van der Waals surface area contributed by atoms with Crippen LogP contribution in [0.5, 0.6) is 0 Å². The van der Waals surface area contributed by atoms with Crippen LogP contribution in [0.2, 0.25) is 0 Å². The molecule has 0 spiro atoms. The van der Waals surface area contributed by atoms with Crippen molar-refractivity contribution in [3.63, 3.8) is 0 Å². The summed E-state index contributed by atoms with van der Waals surface area (Å²) in [7, 11) is -13.5. The van der Waals surface area contributed by atoms with Gasteiger partial charge >= 0.3 is 94.6 Å². The van der Waals surface area contributed by atoms with Gasteiger partial charge in [0.15, 0.2) is 5.71 Å². The number of imide groups is 1. The molecule has 0 radical (unpaired) electrons. The van der Waals surface area contributed by atoms with Gasteiger partial charge in [0.2, 0.25) is 5.69 Å². The number of fused-ring (bicyclic) bond motifs is 1. The molecule has 27 heteroatoms. The van der Waals surface area contributed by atoms with Crippen LogP contribution in [0.15, 0.2) is 64.3 Å². The maximum absolute atomic E-state index is 12.4. The molecule has 0 aromatic heterocycles. The fourth-order valence-corrected chi connectivity index (χ4v) is 9.55. The van der Waals surface area contributed by atoms with Gasteiger partial charge in [-0.2, -0.15) is 14.0 Å². The second-order valence-electron chi connectivity index (χ2n) is 15.4. The quantitative estimate of drug-likeness (QED) is 0.0101. The van der Waals surface area contributed by atoms with Gasteiger partial charge < -0.3 is 23.8 Å². The summed E-state index contributed by atoms with van der Waals surface area (Å²) in [4.78, 5) is 41.5.